The van der Waals surface area contributed by atoms with E-state index in [1.54, 1.807) is 11.0 Å². The smallest absolute Gasteiger partial charge is 0.317 e. The van der Waals surface area contributed by atoms with Gasteiger partial charge in [-0.2, -0.15) is 0 Å². The van der Waals surface area contributed by atoms with Gasteiger partial charge in [-0.3, -0.25) is 0 Å². The zero-order valence-electron chi connectivity index (χ0n) is 11.8. The Morgan fingerprint density at radius 2 is 1.95 bits per heavy atom. The topological polar surface area (TPSA) is 32.3 Å². The lowest BCUT2D eigenvalue weighted by Gasteiger charge is -2.25. The van der Waals surface area contributed by atoms with Crippen molar-refractivity contribution in [1.82, 2.24) is 10.2 Å². The summed E-state index contributed by atoms with van der Waals surface area (Å²) in [6.45, 7) is 2.69. The van der Waals surface area contributed by atoms with Crippen LogP contribution < -0.4 is 5.32 Å². The summed E-state index contributed by atoms with van der Waals surface area (Å²) < 4.78 is 0. The van der Waals surface area contributed by atoms with Crippen molar-refractivity contribution in [2.75, 3.05) is 13.6 Å². The summed E-state index contributed by atoms with van der Waals surface area (Å²) in [6, 6.07) is 5.75. The van der Waals surface area contributed by atoms with Gasteiger partial charge in [-0.1, -0.05) is 23.2 Å². The number of nitrogens with one attached hydrogen (secondary N) is 1. The highest BCUT2D eigenvalue weighted by molar-refractivity contribution is 6.34. The maximum atomic E-state index is 12.0. The molecule has 1 N–H and O–H groups in total. The van der Waals surface area contributed by atoms with E-state index in [9.17, 15) is 4.79 Å². The molecule has 0 aliphatic heterocycles. The number of rotatable bonds is 5. The molecule has 110 valence electrons. The van der Waals surface area contributed by atoms with Crippen molar-refractivity contribution >= 4 is 29.2 Å². The highest BCUT2D eigenvalue weighted by Crippen LogP contribution is 2.34. The van der Waals surface area contributed by atoms with E-state index in [-0.39, 0.29) is 6.03 Å². The summed E-state index contributed by atoms with van der Waals surface area (Å²) in [5.41, 5.74) is 1.03. The molecule has 1 unspecified atom stereocenters. The van der Waals surface area contributed by atoms with Crippen LogP contribution in [0.3, 0.4) is 0 Å². The Hall–Kier alpha value is -0.930. The van der Waals surface area contributed by atoms with Crippen LogP contribution in [0.1, 0.15) is 25.3 Å². The lowest BCUT2D eigenvalue weighted by atomic mass is 10.1. The fraction of sp³-hybridized carbons (Fsp3) is 0.533. The summed E-state index contributed by atoms with van der Waals surface area (Å²) in [5.74, 6) is 0.678. The molecule has 0 aromatic heterocycles. The average Bonchev–Trinajstić information content (AvgIpc) is 3.20. The maximum Gasteiger partial charge on any atom is 0.317 e. The fourth-order valence-electron chi connectivity index (χ4n) is 2.27. The van der Waals surface area contributed by atoms with Gasteiger partial charge in [-0.25, -0.2) is 4.79 Å². The fourth-order valence-corrected chi connectivity index (χ4v) is 2.84. The van der Waals surface area contributed by atoms with Gasteiger partial charge in [0, 0.05) is 29.7 Å². The van der Waals surface area contributed by atoms with Crippen LogP contribution in [0.4, 0.5) is 4.79 Å². The second kappa shape index (κ2) is 6.68. The van der Waals surface area contributed by atoms with Gasteiger partial charge < -0.3 is 10.2 Å². The van der Waals surface area contributed by atoms with Crippen molar-refractivity contribution < 1.29 is 4.79 Å². The van der Waals surface area contributed by atoms with Gasteiger partial charge in [0.05, 0.1) is 0 Å². The van der Waals surface area contributed by atoms with Crippen LogP contribution in [0.2, 0.25) is 10.0 Å². The third-order valence-corrected chi connectivity index (χ3v) is 4.28. The van der Waals surface area contributed by atoms with Crippen LogP contribution in [0.25, 0.3) is 0 Å². The summed E-state index contributed by atoms with van der Waals surface area (Å²) in [7, 11) is 1.86. The summed E-state index contributed by atoms with van der Waals surface area (Å²) in [4.78, 5) is 13.8. The van der Waals surface area contributed by atoms with Gasteiger partial charge in [0.2, 0.25) is 0 Å². The Morgan fingerprint density at radius 3 is 2.50 bits per heavy atom. The molecule has 0 heterocycles. The maximum absolute atomic E-state index is 12.0. The zero-order valence-corrected chi connectivity index (χ0v) is 13.3. The van der Waals surface area contributed by atoms with Crippen molar-refractivity contribution in [1.29, 1.82) is 0 Å². The number of amides is 2. The molecule has 1 atom stereocenters. The van der Waals surface area contributed by atoms with Gasteiger partial charge >= 0.3 is 6.03 Å². The van der Waals surface area contributed by atoms with Crippen molar-refractivity contribution in [3.05, 3.63) is 33.8 Å². The number of benzene rings is 1. The minimum atomic E-state index is -0.0162. The normalized spacial score (nSPS) is 15.8. The second-order valence-electron chi connectivity index (χ2n) is 5.45. The molecule has 2 rings (SSSR count). The lowest BCUT2D eigenvalue weighted by Crippen LogP contribution is -2.43. The molecule has 1 saturated carbocycles. The first-order valence-electron chi connectivity index (χ1n) is 6.93. The van der Waals surface area contributed by atoms with Crippen LogP contribution >= 0.6 is 23.2 Å². The molecule has 20 heavy (non-hydrogen) atoms. The minimum Gasteiger partial charge on any atom is -0.338 e. The molecule has 3 nitrogen and oxygen atoms in total. The average molecular weight is 315 g/mol. The number of hydrogen-bond acceptors (Lipinski definition) is 1. The summed E-state index contributed by atoms with van der Waals surface area (Å²) in [5, 5.41) is 4.18. The number of carbonyl (C=O) groups excluding carboxylic acids is 1. The van der Waals surface area contributed by atoms with Crippen LogP contribution in [-0.2, 0) is 6.42 Å². The molecule has 0 spiro atoms. The van der Waals surface area contributed by atoms with Crippen LogP contribution in [-0.4, -0.2) is 30.6 Å². The Bertz CT molecular complexity index is 469. The molecule has 1 fully saturated rings. The Balaban J connectivity index is 1.78. The Morgan fingerprint density at radius 1 is 1.35 bits per heavy atom. The molecular weight excluding hydrogens is 295 g/mol. The number of hydrogen-bond donors (Lipinski definition) is 1. The predicted molar refractivity (Wildman–Crippen MR) is 83.5 cm³/mol. The van der Waals surface area contributed by atoms with Gasteiger partial charge in [-0.05, 0) is 55.9 Å². The van der Waals surface area contributed by atoms with E-state index in [0.717, 1.165) is 12.0 Å². The van der Waals surface area contributed by atoms with E-state index < -0.39 is 0 Å². The van der Waals surface area contributed by atoms with Crippen molar-refractivity contribution in [2.24, 2.45) is 5.92 Å². The van der Waals surface area contributed by atoms with Crippen LogP contribution in [0, 0.1) is 5.92 Å². The van der Waals surface area contributed by atoms with Gasteiger partial charge in [0.25, 0.3) is 0 Å². The molecule has 1 aliphatic carbocycles. The van der Waals surface area contributed by atoms with Gasteiger partial charge in [0.15, 0.2) is 0 Å². The molecule has 0 bridgehead atoms. The second-order valence-corrected chi connectivity index (χ2v) is 6.32. The van der Waals surface area contributed by atoms with E-state index in [1.165, 1.54) is 12.8 Å². The molecule has 2 amide bonds. The lowest BCUT2D eigenvalue weighted by molar-refractivity contribution is 0.188. The summed E-state index contributed by atoms with van der Waals surface area (Å²) >= 11 is 11.9. The first-order chi connectivity index (χ1) is 9.47. The number of carbonyl (C=O) groups is 1. The molecule has 1 aliphatic rings. The van der Waals surface area contributed by atoms with Crippen LogP contribution in [0.5, 0.6) is 0 Å². The SMILES string of the molecule is CC(C1CC1)N(C)C(=O)NCCc1cc(Cl)cc(Cl)c1. The monoisotopic (exact) mass is 314 g/mol. The molecule has 1 aromatic carbocycles. The molecular formula is C15H20Cl2N2O. The third-order valence-electron chi connectivity index (χ3n) is 3.85. The first kappa shape index (κ1) is 15.5. The van der Waals surface area contributed by atoms with Crippen molar-refractivity contribution in [3.63, 3.8) is 0 Å². The number of urea groups is 1. The summed E-state index contributed by atoms with van der Waals surface area (Å²) in [6.07, 6.45) is 3.19. The molecule has 1 aromatic rings. The highest BCUT2D eigenvalue weighted by Gasteiger charge is 2.32. The quantitative estimate of drug-likeness (QED) is 0.876. The van der Waals surface area contributed by atoms with Gasteiger partial charge in [-0.15, -0.1) is 0 Å². The van der Waals surface area contributed by atoms with E-state index in [0.29, 0.717) is 28.5 Å². The standard InChI is InChI=1S/C15H20Cl2N2O/c1-10(12-3-4-12)19(2)15(20)18-6-5-11-7-13(16)9-14(17)8-11/h7-10,12H,3-6H2,1-2H3,(H,18,20). The predicted octanol–water partition coefficient (Wildman–Crippen LogP) is 3.98. The number of halogens is 2. The third kappa shape index (κ3) is 4.29. The van der Waals surface area contributed by atoms with E-state index in [2.05, 4.69) is 12.2 Å². The largest absolute Gasteiger partial charge is 0.338 e. The zero-order chi connectivity index (χ0) is 14.7. The van der Waals surface area contributed by atoms with E-state index in [4.69, 9.17) is 23.2 Å². The Kier molecular flexibility index (Phi) is 5.17. The first-order valence-corrected chi connectivity index (χ1v) is 7.68. The molecule has 0 radical (unpaired) electrons. The Labute approximate surface area is 130 Å². The van der Waals surface area contributed by atoms with Crippen LogP contribution in [0.15, 0.2) is 18.2 Å². The van der Waals surface area contributed by atoms with E-state index in [1.807, 2.05) is 19.2 Å². The highest BCUT2D eigenvalue weighted by atomic mass is 35.5. The van der Waals surface area contributed by atoms with Crippen molar-refractivity contribution in [3.8, 4) is 0 Å². The number of nitrogens with zero attached hydrogens (tertiary/aromatic N) is 1. The molecule has 0 saturated heterocycles. The van der Waals surface area contributed by atoms with Gasteiger partial charge in [0.1, 0.15) is 0 Å². The van der Waals surface area contributed by atoms with Crippen molar-refractivity contribution in [2.45, 2.75) is 32.2 Å². The minimum absolute atomic E-state index is 0.0162. The molecule has 5 heteroatoms. The van der Waals surface area contributed by atoms with E-state index >= 15 is 0 Å².